The van der Waals surface area contributed by atoms with Crippen molar-refractivity contribution in [3.63, 3.8) is 0 Å². The molecule has 1 aliphatic heterocycles. The Bertz CT molecular complexity index is 1440. The Kier molecular flexibility index (Phi) is 10.5. The monoisotopic (exact) mass is 538 g/mol. The lowest BCUT2D eigenvalue weighted by Crippen LogP contribution is -2.39. The zero-order chi connectivity index (χ0) is 29.2. The van der Waals surface area contributed by atoms with Crippen molar-refractivity contribution in [2.24, 2.45) is 10.1 Å². The Balaban J connectivity index is 0.00000216. The minimum Gasteiger partial charge on any atom is -0.465 e. The van der Waals surface area contributed by atoms with Crippen LogP contribution >= 0.6 is 0 Å². The van der Waals surface area contributed by atoms with E-state index in [0.29, 0.717) is 29.1 Å². The molecule has 40 heavy (non-hydrogen) atoms. The normalized spacial score (nSPS) is 15.1. The van der Waals surface area contributed by atoms with E-state index in [9.17, 15) is 9.59 Å². The summed E-state index contributed by atoms with van der Waals surface area (Å²) in [6, 6.07) is 22.5. The number of aliphatic imine (C=N–C) groups is 1. The summed E-state index contributed by atoms with van der Waals surface area (Å²) in [7, 11) is 3.05. The van der Waals surface area contributed by atoms with Gasteiger partial charge >= 0.3 is 5.97 Å². The van der Waals surface area contributed by atoms with Crippen LogP contribution in [0.15, 0.2) is 88.5 Å². The second kappa shape index (κ2) is 14.0. The fourth-order valence-electron chi connectivity index (χ4n) is 5.07. The smallest absolute Gasteiger partial charge is 0.337 e. The molecular weight excluding hydrogens is 500 g/mol. The first-order valence-corrected chi connectivity index (χ1v) is 13.5. The molecule has 0 bridgehead atoms. The number of carbonyl (C=O) groups excluding carboxylic acids is 2. The number of ether oxygens (including phenoxy) is 1. The summed E-state index contributed by atoms with van der Waals surface area (Å²) in [5.41, 5.74) is 9.89. The highest BCUT2D eigenvalue weighted by atomic mass is 16.5. The number of hydrogen-bond acceptors (Lipinski definition) is 5. The number of benzene rings is 3. The van der Waals surface area contributed by atoms with E-state index in [0.717, 1.165) is 17.6 Å². The van der Waals surface area contributed by atoms with Crippen LogP contribution < -0.4 is 5.43 Å². The highest BCUT2D eigenvalue weighted by molar-refractivity contribution is 6.04. The van der Waals surface area contributed by atoms with Crippen molar-refractivity contribution in [1.82, 2.24) is 10.3 Å². The average Bonchev–Trinajstić information content (AvgIpc) is 3.00. The van der Waals surface area contributed by atoms with Crippen LogP contribution in [0.4, 0.5) is 0 Å². The van der Waals surface area contributed by atoms with E-state index >= 15 is 0 Å². The van der Waals surface area contributed by atoms with Crippen LogP contribution in [0.3, 0.4) is 0 Å². The third kappa shape index (κ3) is 6.37. The van der Waals surface area contributed by atoms with E-state index in [-0.39, 0.29) is 11.9 Å². The van der Waals surface area contributed by atoms with Crippen molar-refractivity contribution in [1.29, 1.82) is 0 Å². The minimum absolute atomic E-state index is 0.114. The summed E-state index contributed by atoms with van der Waals surface area (Å²) < 4.78 is 4.96. The quantitative estimate of drug-likeness (QED) is 0.169. The van der Waals surface area contributed by atoms with E-state index in [1.807, 2.05) is 61.2 Å². The number of methoxy groups -OCH3 is 1. The molecule has 0 spiro atoms. The SMILES string of the molecule is C=N/C(=N\NC)c1cccc(C(=O)N2CCC(c3ccccc3C)=C(C)C2c2cccc(C(=O)OC)c2)c1.CC. The molecule has 3 aromatic rings. The highest BCUT2D eigenvalue weighted by Gasteiger charge is 2.33. The lowest BCUT2D eigenvalue weighted by atomic mass is 9.84. The number of esters is 1. The van der Waals surface area contributed by atoms with Crippen LogP contribution in [-0.4, -0.2) is 50.0 Å². The predicted octanol–water partition coefficient (Wildman–Crippen LogP) is 6.45. The average molecular weight is 539 g/mol. The van der Waals surface area contributed by atoms with Crippen molar-refractivity contribution in [2.45, 2.75) is 40.2 Å². The Labute approximate surface area is 237 Å². The number of carbonyl (C=O) groups is 2. The number of amidine groups is 1. The largest absolute Gasteiger partial charge is 0.465 e. The molecule has 1 aliphatic rings. The number of nitrogens with one attached hydrogen (secondary N) is 1. The molecule has 0 fully saturated rings. The van der Waals surface area contributed by atoms with E-state index < -0.39 is 5.97 Å². The molecule has 3 aromatic carbocycles. The molecule has 7 heteroatoms. The number of amides is 1. The molecule has 7 nitrogen and oxygen atoms in total. The second-order valence-corrected chi connectivity index (χ2v) is 9.14. The van der Waals surface area contributed by atoms with Gasteiger partial charge in [-0.1, -0.05) is 62.4 Å². The second-order valence-electron chi connectivity index (χ2n) is 9.14. The van der Waals surface area contributed by atoms with E-state index in [4.69, 9.17) is 4.74 Å². The van der Waals surface area contributed by atoms with Gasteiger partial charge in [-0.2, -0.15) is 5.10 Å². The fourth-order valence-corrected chi connectivity index (χ4v) is 5.07. The van der Waals surface area contributed by atoms with Gasteiger partial charge < -0.3 is 15.1 Å². The zero-order valence-electron chi connectivity index (χ0n) is 24.2. The Hall–Kier alpha value is -4.52. The first kappa shape index (κ1) is 30.0. The number of nitrogens with zero attached hydrogens (tertiary/aromatic N) is 3. The van der Waals surface area contributed by atoms with E-state index in [1.165, 1.54) is 23.8 Å². The molecule has 1 atom stereocenters. The number of aryl methyl sites for hydroxylation is 1. The fraction of sp³-hybridized carbons (Fsp3) is 0.273. The maximum absolute atomic E-state index is 14.0. The molecule has 0 radical (unpaired) electrons. The maximum Gasteiger partial charge on any atom is 0.337 e. The lowest BCUT2D eigenvalue weighted by Gasteiger charge is -2.39. The van der Waals surface area contributed by atoms with Crippen LogP contribution in [-0.2, 0) is 4.74 Å². The van der Waals surface area contributed by atoms with Crippen LogP contribution in [0.5, 0.6) is 0 Å². The summed E-state index contributed by atoms with van der Waals surface area (Å²) in [6.45, 7) is 12.3. The molecule has 1 unspecified atom stereocenters. The lowest BCUT2D eigenvalue weighted by molar-refractivity contribution is 0.0600. The summed E-state index contributed by atoms with van der Waals surface area (Å²) in [4.78, 5) is 32.2. The standard InChI is InChI=1S/C31H32N4O3.C2H6/c1-20-10-6-7-15-26(20)27-16-17-35(28(21(27)2)22-11-8-14-25(18-22)31(37)38-5)30(36)24-13-9-12-23(19-24)29(32-3)34-33-4;1-2/h6-15,18-19,28,33H,3,16-17H2,1-2,4-5H3;1-2H3/b34-29-;. The molecule has 208 valence electrons. The Morgan fingerprint density at radius 1 is 0.950 bits per heavy atom. The molecule has 4 rings (SSSR count). The number of hydrazone groups is 1. The first-order valence-electron chi connectivity index (χ1n) is 13.5. The molecular formula is C33H38N4O3. The van der Waals surface area contributed by atoms with Crippen LogP contribution in [0.25, 0.3) is 5.57 Å². The van der Waals surface area contributed by atoms with Crippen molar-refractivity contribution >= 4 is 30.0 Å². The third-order valence-electron chi connectivity index (χ3n) is 6.89. The van der Waals surface area contributed by atoms with Crippen LogP contribution in [0.2, 0.25) is 0 Å². The van der Waals surface area contributed by atoms with Gasteiger partial charge in [-0.3, -0.25) is 4.79 Å². The predicted molar refractivity (Wildman–Crippen MR) is 163 cm³/mol. The molecule has 1 heterocycles. The molecule has 0 aliphatic carbocycles. The van der Waals surface area contributed by atoms with Crippen LogP contribution in [0, 0.1) is 6.92 Å². The van der Waals surface area contributed by atoms with E-state index in [2.05, 4.69) is 48.2 Å². The van der Waals surface area contributed by atoms with Crippen molar-refractivity contribution in [3.05, 3.63) is 112 Å². The molecule has 0 saturated carbocycles. The van der Waals surface area contributed by atoms with Crippen molar-refractivity contribution < 1.29 is 14.3 Å². The Morgan fingerprint density at radius 2 is 1.62 bits per heavy atom. The van der Waals surface area contributed by atoms with Gasteiger partial charge in [0.15, 0.2) is 5.84 Å². The molecule has 0 saturated heterocycles. The van der Waals surface area contributed by atoms with Gasteiger partial charge in [-0.15, -0.1) is 0 Å². The highest BCUT2D eigenvalue weighted by Crippen LogP contribution is 2.41. The third-order valence-corrected chi connectivity index (χ3v) is 6.89. The molecule has 0 aromatic heterocycles. The van der Waals surface area contributed by atoms with Crippen molar-refractivity contribution in [3.8, 4) is 0 Å². The zero-order valence-corrected chi connectivity index (χ0v) is 24.2. The van der Waals surface area contributed by atoms with Gasteiger partial charge in [0.2, 0.25) is 0 Å². The number of hydrogen-bond donors (Lipinski definition) is 1. The van der Waals surface area contributed by atoms with Gasteiger partial charge in [0, 0.05) is 24.7 Å². The van der Waals surface area contributed by atoms with Crippen molar-refractivity contribution in [2.75, 3.05) is 20.7 Å². The summed E-state index contributed by atoms with van der Waals surface area (Å²) in [5, 5.41) is 4.15. The van der Waals surface area contributed by atoms with Gasteiger partial charge in [-0.05, 0) is 79.1 Å². The van der Waals surface area contributed by atoms with Gasteiger partial charge in [0.05, 0.1) is 18.7 Å². The molecule has 1 amide bonds. The summed E-state index contributed by atoms with van der Waals surface area (Å²) in [5.74, 6) is -0.125. The number of rotatable bonds is 6. The van der Waals surface area contributed by atoms with E-state index in [1.54, 1.807) is 25.2 Å². The van der Waals surface area contributed by atoms with Crippen LogP contribution in [0.1, 0.15) is 76.2 Å². The Morgan fingerprint density at radius 3 is 2.30 bits per heavy atom. The molecule has 1 N–H and O–H groups in total. The van der Waals surface area contributed by atoms with Gasteiger partial charge in [0.1, 0.15) is 0 Å². The minimum atomic E-state index is -0.415. The first-order chi connectivity index (χ1) is 19.4. The van der Waals surface area contributed by atoms with Gasteiger partial charge in [-0.25, -0.2) is 9.79 Å². The summed E-state index contributed by atoms with van der Waals surface area (Å²) >= 11 is 0. The topological polar surface area (TPSA) is 83.4 Å². The summed E-state index contributed by atoms with van der Waals surface area (Å²) in [6.07, 6.45) is 0.718. The maximum atomic E-state index is 14.0. The van der Waals surface area contributed by atoms with Gasteiger partial charge in [0.25, 0.3) is 5.91 Å².